The maximum atomic E-state index is 6.08. The quantitative estimate of drug-likeness (QED) is 0.796. The number of ether oxygens (including phenoxy) is 1. The third-order valence-electron chi connectivity index (χ3n) is 3.30. The molecule has 1 aliphatic rings. The van der Waals surface area contributed by atoms with Crippen LogP contribution in [0.5, 0.6) is 5.75 Å². The Hall–Kier alpha value is -1.49. The predicted molar refractivity (Wildman–Crippen MR) is 68.8 cm³/mol. The minimum Gasteiger partial charge on any atom is -0.477 e. The van der Waals surface area contributed by atoms with Crippen molar-refractivity contribution in [3.63, 3.8) is 0 Å². The Kier molecular flexibility index (Phi) is 2.78. The fraction of sp³-hybridized carbons (Fsp3) is 0.385. The summed E-state index contributed by atoms with van der Waals surface area (Å²) in [6.45, 7) is 2.08. The summed E-state index contributed by atoms with van der Waals surface area (Å²) in [6.07, 6.45) is 3.51. The van der Waals surface area contributed by atoms with Gasteiger partial charge < -0.3 is 9.15 Å². The smallest absolute Gasteiger partial charge is 0.276 e. The van der Waals surface area contributed by atoms with E-state index in [-0.39, 0.29) is 0 Å². The number of para-hydroxylation sites is 1. The van der Waals surface area contributed by atoms with Crippen molar-refractivity contribution in [2.24, 2.45) is 0 Å². The van der Waals surface area contributed by atoms with Gasteiger partial charge in [-0.1, -0.05) is 36.9 Å². The Morgan fingerprint density at radius 1 is 1.33 bits per heavy atom. The highest BCUT2D eigenvalue weighted by atomic mass is 32.2. The largest absolute Gasteiger partial charge is 0.477 e. The van der Waals surface area contributed by atoms with E-state index in [9.17, 15) is 0 Å². The van der Waals surface area contributed by atoms with Crippen LogP contribution < -0.4 is 4.74 Å². The molecular weight excluding hydrogens is 248 g/mol. The van der Waals surface area contributed by atoms with Crippen molar-refractivity contribution in [3.05, 3.63) is 35.7 Å². The van der Waals surface area contributed by atoms with Gasteiger partial charge in [-0.05, 0) is 24.3 Å². The van der Waals surface area contributed by atoms with Crippen LogP contribution in [-0.2, 0) is 12.0 Å². The molecule has 4 nitrogen and oxygen atoms in total. The lowest BCUT2D eigenvalue weighted by Crippen LogP contribution is -2.30. The number of benzene rings is 1. The number of fused-ring (bicyclic) bond motifs is 1. The van der Waals surface area contributed by atoms with Crippen LogP contribution in [0.2, 0.25) is 0 Å². The molecule has 1 aliphatic heterocycles. The van der Waals surface area contributed by atoms with Crippen molar-refractivity contribution in [1.29, 1.82) is 0 Å². The van der Waals surface area contributed by atoms with Gasteiger partial charge in [0.2, 0.25) is 0 Å². The fourth-order valence-corrected chi connectivity index (χ4v) is 2.53. The molecule has 5 heteroatoms. The first kappa shape index (κ1) is 11.6. The van der Waals surface area contributed by atoms with E-state index in [0.717, 1.165) is 18.6 Å². The van der Waals surface area contributed by atoms with Gasteiger partial charge in [0, 0.05) is 6.42 Å². The standard InChI is InChI=1S/C13H14N2O2S/c1-3-13(11-14-15-12(16-11)18-2)8-9-6-4-5-7-10(9)17-13/h4-7H,3,8H2,1-2H3. The molecule has 0 bridgehead atoms. The average Bonchev–Trinajstić information content (AvgIpc) is 3.03. The number of thioether (sulfide) groups is 1. The number of hydrogen-bond donors (Lipinski definition) is 0. The van der Waals surface area contributed by atoms with Crippen molar-refractivity contribution in [3.8, 4) is 5.75 Å². The summed E-state index contributed by atoms with van der Waals surface area (Å²) in [5.41, 5.74) is 0.702. The predicted octanol–water partition coefficient (Wildman–Crippen LogP) is 3.03. The highest BCUT2D eigenvalue weighted by molar-refractivity contribution is 7.98. The first-order valence-corrected chi connectivity index (χ1v) is 7.15. The van der Waals surface area contributed by atoms with Crippen LogP contribution in [0, 0.1) is 0 Å². The summed E-state index contributed by atoms with van der Waals surface area (Å²) in [7, 11) is 0. The second-order valence-corrected chi connectivity index (χ2v) is 5.07. The van der Waals surface area contributed by atoms with Crippen molar-refractivity contribution >= 4 is 11.8 Å². The number of nitrogens with zero attached hydrogens (tertiary/aromatic N) is 2. The molecule has 0 fully saturated rings. The lowest BCUT2D eigenvalue weighted by atomic mass is 9.94. The summed E-state index contributed by atoms with van der Waals surface area (Å²) < 4.78 is 11.7. The first-order valence-electron chi connectivity index (χ1n) is 5.92. The number of aromatic nitrogens is 2. The lowest BCUT2D eigenvalue weighted by molar-refractivity contribution is 0.0532. The van der Waals surface area contributed by atoms with Crippen LogP contribution in [-0.4, -0.2) is 16.5 Å². The minimum atomic E-state index is -0.495. The molecule has 0 amide bonds. The third-order valence-corrected chi connectivity index (χ3v) is 3.81. The molecule has 0 saturated heterocycles. The Bertz CT molecular complexity index is 543. The summed E-state index contributed by atoms with van der Waals surface area (Å²) in [5.74, 6) is 1.49. The van der Waals surface area contributed by atoms with Crippen LogP contribution in [0.1, 0.15) is 24.8 Å². The van der Waals surface area contributed by atoms with Gasteiger partial charge in [-0.2, -0.15) is 0 Å². The molecule has 0 spiro atoms. The molecule has 0 aliphatic carbocycles. The van der Waals surface area contributed by atoms with Crippen molar-refractivity contribution in [2.75, 3.05) is 6.26 Å². The topological polar surface area (TPSA) is 48.2 Å². The number of hydrogen-bond acceptors (Lipinski definition) is 5. The van der Waals surface area contributed by atoms with E-state index >= 15 is 0 Å². The Morgan fingerprint density at radius 2 is 2.17 bits per heavy atom. The van der Waals surface area contributed by atoms with Gasteiger partial charge in [-0.3, -0.25) is 0 Å². The highest BCUT2D eigenvalue weighted by Gasteiger charge is 2.44. The summed E-state index contributed by atoms with van der Waals surface area (Å²) in [6, 6.07) is 8.07. The van der Waals surface area contributed by atoms with E-state index in [1.165, 1.54) is 17.3 Å². The zero-order valence-corrected chi connectivity index (χ0v) is 11.2. The highest BCUT2D eigenvalue weighted by Crippen LogP contribution is 2.43. The van der Waals surface area contributed by atoms with Gasteiger partial charge in [-0.25, -0.2) is 0 Å². The zero-order valence-electron chi connectivity index (χ0n) is 10.3. The van der Waals surface area contributed by atoms with E-state index in [1.807, 2.05) is 24.5 Å². The average molecular weight is 262 g/mol. The van der Waals surface area contributed by atoms with Crippen LogP contribution in [0.4, 0.5) is 0 Å². The third kappa shape index (κ3) is 1.70. The molecule has 94 valence electrons. The molecule has 1 unspecified atom stereocenters. The van der Waals surface area contributed by atoms with E-state index in [2.05, 4.69) is 23.2 Å². The van der Waals surface area contributed by atoms with Gasteiger partial charge in [0.1, 0.15) is 5.75 Å². The molecule has 3 rings (SSSR count). The molecule has 2 heterocycles. The summed E-state index contributed by atoms with van der Waals surface area (Å²) in [4.78, 5) is 0. The Balaban J connectivity index is 1.99. The molecule has 0 N–H and O–H groups in total. The van der Waals surface area contributed by atoms with Crippen molar-refractivity contribution < 1.29 is 9.15 Å². The van der Waals surface area contributed by atoms with Crippen LogP contribution in [0.25, 0.3) is 0 Å². The van der Waals surface area contributed by atoms with E-state index < -0.39 is 5.60 Å². The molecule has 1 aromatic carbocycles. The molecule has 0 saturated carbocycles. The molecular formula is C13H14N2O2S. The molecule has 2 aromatic rings. The second kappa shape index (κ2) is 4.31. The van der Waals surface area contributed by atoms with Gasteiger partial charge in [0.05, 0.1) is 0 Å². The Morgan fingerprint density at radius 3 is 2.83 bits per heavy atom. The summed E-state index contributed by atoms with van der Waals surface area (Å²) >= 11 is 1.45. The van der Waals surface area contributed by atoms with E-state index in [1.54, 1.807) is 0 Å². The summed E-state index contributed by atoms with van der Waals surface area (Å²) in [5, 5.41) is 8.71. The van der Waals surface area contributed by atoms with E-state index in [0.29, 0.717) is 11.1 Å². The number of rotatable bonds is 3. The van der Waals surface area contributed by atoms with Gasteiger partial charge in [0.25, 0.3) is 11.1 Å². The van der Waals surface area contributed by atoms with E-state index in [4.69, 9.17) is 9.15 Å². The molecule has 1 aromatic heterocycles. The normalized spacial score (nSPS) is 21.7. The van der Waals surface area contributed by atoms with Crippen molar-refractivity contribution in [2.45, 2.75) is 30.6 Å². The monoisotopic (exact) mass is 262 g/mol. The van der Waals surface area contributed by atoms with Crippen LogP contribution in [0.3, 0.4) is 0 Å². The Labute approximate surface area is 110 Å². The first-order chi connectivity index (χ1) is 8.77. The van der Waals surface area contributed by atoms with Crippen LogP contribution >= 0.6 is 11.8 Å². The maximum Gasteiger partial charge on any atom is 0.276 e. The fourth-order valence-electron chi connectivity index (χ4n) is 2.25. The van der Waals surface area contributed by atoms with Crippen LogP contribution in [0.15, 0.2) is 33.9 Å². The second-order valence-electron chi connectivity index (χ2n) is 4.31. The lowest BCUT2D eigenvalue weighted by Gasteiger charge is -2.22. The van der Waals surface area contributed by atoms with Gasteiger partial charge in [0.15, 0.2) is 5.60 Å². The molecule has 1 atom stereocenters. The molecule has 0 radical (unpaired) electrons. The SMILES string of the molecule is CCC1(c2nnc(SC)o2)Cc2ccccc2O1. The van der Waals surface area contributed by atoms with Gasteiger partial charge >= 0.3 is 0 Å². The maximum absolute atomic E-state index is 6.08. The van der Waals surface area contributed by atoms with Gasteiger partial charge in [-0.15, -0.1) is 10.2 Å². The minimum absolute atomic E-state index is 0.495. The molecule has 18 heavy (non-hydrogen) atoms. The zero-order chi connectivity index (χ0) is 12.6. The van der Waals surface area contributed by atoms with Crippen molar-refractivity contribution in [1.82, 2.24) is 10.2 Å².